The van der Waals surface area contributed by atoms with E-state index in [0.717, 1.165) is 42.7 Å². The molecule has 0 aliphatic rings. The summed E-state index contributed by atoms with van der Waals surface area (Å²) in [6.45, 7) is 8.38. The highest BCUT2D eigenvalue weighted by molar-refractivity contribution is 5.89. The Morgan fingerprint density at radius 1 is 0.962 bits per heavy atom. The van der Waals surface area contributed by atoms with E-state index in [9.17, 15) is 4.79 Å². The zero-order chi connectivity index (χ0) is 18.5. The van der Waals surface area contributed by atoms with Crippen LogP contribution in [0.5, 0.6) is 0 Å². The van der Waals surface area contributed by atoms with Gasteiger partial charge in [-0.1, -0.05) is 56.3 Å². The second-order valence-electron chi connectivity index (χ2n) is 6.92. The Morgan fingerprint density at radius 3 is 2.31 bits per heavy atom. The smallest absolute Gasteiger partial charge is 0.242 e. The molecule has 136 valence electrons. The highest BCUT2D eigenvalue weighted by Gasteiger charge is 2.17. The molecule has 0 atom stereocenters. The first-order chi connectivity index (χ1) is 12.6. The summed E-state index contributed by atoms with van der Waals surface area (Å²) in [6, 6.07) is 19.0. The van der Waals surface area contributed by atoms with Gasteiger partial charge in [-0.05, 0) is 43.0 Å². The first-order valence-electron chi connectivity index (χ1n) is 9.57. The predicted octanol–water partition coefficient (Wildman–Crippen LogP) is 5.27. The van der Waals surface area contributed by atoms with E-state index in [-0.39, 0.29) is 5.91 Å². The average molecular weight is 348 g/mol. The number of hydrogen-bond acceptors (Lipinski definition) is 1. The van der Waals surface area contributed by atoms with Crippen molar-refractivity contribution in [2.24, 2.45) is 0 Å². The van der Waals surface area contributed by atoms with Crippen LogP contribution in [0.1, 0.15) is 32.3 Å². The third-order valence-corrected chi connectivity index (χ3v) is 4.76. The standard InChI is InChI=1S/C23H28N2O/c1-4-13-24(14-5-2)23(26)17-25-21-15-18(3)11-12-20(21)16-22(25)19-9-7-6-8-10-19/h6-12,15-16H,4-5,13-14,17H2,1-3H3. The van der Waals surface area contributed by atoms with Gasteiger partial charge in [0.2, 0.25) is 5.91 Å². The van der Waals surface area contributed by atoms with Crippen LogP contribution in [0.2, 0.25) is 0 Å². The molecule has 3 rings (SSSR count). The van der Waals surface area contributed by atoms with E-state index >= 15 is 0 Å². The number of fused-ring (bicyclic) bond motifs is 1. The van der Waals surface area contributed by atoms with Crippen molar-refractivity contribution in [2.45, 2.75) is 40.2 Å². The van der Waals surface area contributed by atoms with E-state index in [1.807, 2.05) is 23.1 Å². The number of carbonyl (C=O) groups is 1. The normalized spacial score (nSPS) is 11.0. The molecule has 1 heterocycles. The molecule has 0 saturated carbocycles. The Hall–Kier alpha value is -2.55. The molecule has 3 aromatic rings. The molecule has 0 aliphatic carbocycles. The van der Waals surface area contributed by atoms with E-state index in [1.54, 1.807) is 0 Å². The largest absolute Gasteiger partial charge is 0.341 e. The van der Waals surface area contributed by atoms with Gasteiger partial charge in [-0.3, -0.25) is 4.79 Å². The van der Waals surface area contributed by atoms with Gasteiger partial charge < -0.3 is 9.47 Å². The first-order valence-corrected chi connectivity index (χ1v) is 9.57. The number of benzene rings is 2. The Kier molecular flexibility index (Phi) is 5.77. The number of nitrogens with zero attached hydrogens (tertiary/aromatic N) is 2. The van der Waals surface area contributed by atoms with Gasteiger partial charge in [-0.2, -0.15) is 0 Å². The molecular weight excluding hydrogens is 320 g/mol. The lowest BCUT2D eigenvalue weighted by molar-refractivity contribution is -0.131. The molecule has 0 N–H and O–H groups in total. The minimum atomic E-state index is 0.199. The van der Waals surface area contributed by atoms with Gasteiger partial charge in [-0.25, -0.2) is 0 Å². The van der Waals surface area contributed by atoms with Crippen molar-refractivity contribution >= 4 is 16.8 Å². The van der Waals surface area contributed by atoms with Crippen molar-refractivity contribution in [1.29, 1.82) is 0 Å². The zero-order valence-electron chi connectivity index (χ0n) is 16.0. The molecule has 0 radical (unpaired) electrons. The van der Waals surface area contributed by atoms with E-state index in [0.29, 0.717) is 6.54 Å². The molecule has 3 nitrogen and oxygen atoms in total. The van der Waals surface area contributed by atoms with Crippen LogP contribution in [0.4, 0.5) is 0 Å². The maximum Gasteiger partial charge on any atom is 0.242 e. The molecule has 0 bridgehead atoms. The molecule has 2 aromatic carbocycles. The monoisotopic (exact) mass is 348 g/mol. The van der Waals surface area contributed by atoms with Crippen molar-refractivity contribution in [3.8, 4) is 11.3 Å². The Morgan fingerprint density at radius 2 is 1.65 bits per heavy atom. The lowest BCUT2D eigenvalue weighted by atomic mass is 10.1. The number of amides is 1. The fourth-order valence-corrected chi connectivity index (χ4v) is 3.52. The Labute approximate surface area is 156 Å². The molecule has 0 fully saturated rings. The number of carbonyl (C=O) groups excluding carboxylic acids is 1. The quantitative estimate of drug-likeness (QED) is 0.571. The van der Waals surface area contributed by atoms with Gasteiger partial charge in [0.05, 0.1) is 0 Å². The van der Waals surface area contributed by atoms with Gasteiger partial charge in [0.25, 0.3) is 0 Å². The van der Waals surface area contributed by atoms with Crippen molar-refractivity contribution < 1.29 is 4.79 Å². The van der Waals surface area contributed by atoms with E-state index in [4.69, 9.17) is 0 Å². The summed E-state index contributed by atoms with van der Waals surface area (Å²) in [5, 5.41) is 1.18. The highest BCUT2D eigenvalue weighted by atomic mass is 16.2. The number of hydrogen-bond donors (Lipinski definition) is 0. The maximum atomic E-state index is 13.0. The predicted molar refractivity (Wildman–Crippen MR) is 109 cm³/mol. The minimum absolute atomic E-state index is 0.199. The Balaban J connectivity index is 2.05. The van der Waals surface area contributed by atoms with E-state index in [2.05, 4.69) is 61.7 Å². The first kappa shape index (κ1) is 18.2. The summed E-state index contributed by atoms with van der Waals surface area (Å²) in [6.07, 6.45) is 1.98. The molecule has 0 aliphatic heterocycles. The third kappa shape index (κ3) is 3.82. The van der Waals surface area contributed by atoms with Crippen LogP contribution in [0, 0.1) is 6.92 Å². The molecule has 1 amide bonds. The Bertz CT molecular complexity index is 874. The lowest BCUT2D eigenvalue weighted by Crippen LogP contribution is -2.35. The fraction of sp³-hybridized carbons (Fsp3) is 0.348. The summed E-state index contributed by atoms with van der Waals surface area (Å²) in [4.78, 5) is 15.0. The third-order valence-electron chi connectivity index (χ3n) is 4.76. The van der Waals surface area contributed by atoms with Crippen LogP contribution in [-0.4, -0.2) is 28.5 Å². The number of aromatic nitrogens is 1. The van der Waals surface area contributed by atoms with E-state index < -0.39 is 0 Å². The summed E-state index contributed by atoms with van der Waals surface area (Å²) in [5.74, 6) is 0.199. The molecule has 3 heteroatoms. The zero-order valence-corrected chi connectivity index (χ0v) is 16.0. The van der Waals surface area contributed by atoms with Crippen LogP contribution in [0.15, 0.2) is 54.6 Å². The van der Waals surface area contributed by atoms with Crippen molar-refractivity contribution in [2.75, 3.05) is 13.1 Å². The maximum absolute atomic E-state index is 13.0. The van der Waals surface area contributed by atoms with Gasteiger partial charge in [-0.15, -0.1) is 0 Å². The molecule has 0 saturated heterocycles. The lowest BCUT2D eigenvalue weighted by Gasteiger charge is -2.23. The molecule has 1 aromatic heterocycles. The van der Waals surface area contributed by atoms with Crippen LogP contribution in [-0.2, 0) is 11.3 Å². The van der Waals surface area contributed by atoms with Crippen LogP contribution in [0.3, 0.4) is 0 Å². The molecule has 0 unspecified atom stereocenters. The summed E-state index contributed by atoms with van der Waals surface area (Å²) in [5.41, 5.74) is 4.59. The number of rotatable bonds is 7. The topological polar surface area (TPSA) is 25.2 Å². The minimum Gasteiger partial charge on any atom is -0.341 e. The van der Waals surface area contributed by atoms with Crippen LogP contribution in [0.25, 0.3) is 22.2 Å². The molecule has 0 spiro atoms. The average Bonchev–Trinajstić information content (AvgIpc) is 3.00. The molecular formula is C23H28N2O. The van der Waals surface area contributed by atoms with Crippen LogP contribution >= 0.6 is 0 Å². The second-order valence-corrected chi connectivity index (χ2v) is 6.92. The second kappa shape index (κ2) is 8.22. The van der Waals surface area contributed by atoms with E-state index in [1.165, 1.54) is 10.9 Å². The SMILES string of the molecule is CCCN(CCC)C(=O)Cn1c(-c2ccccc2)cc2ccc(C)cc21. The van der Waals surface area contributed by atoms with Gasteiger partial charge in [0, 0.05) is 29.7 Å². The van der Waals surface area contributed by atoms with Crippen molar-refractivity contribution in [1.82, 2.24) is 9.47 Å². The summed E-state index contributed by atoms with van der Waals surface area (Å²) >= 11 is 0. The van der Waals surface area contributed by atoms with Crippen molar-refractivity contribution in [3.63, 3.8) is 0 Å². The van der Waals surface area contributed by atoms with Gasteiger partial charge in [0.15, 0.2) is 0 Å². The summed E-state index contributed by atoms with van der Waals surface area (Å²) in [7, 11) is 0. The highest BCUT2D eigenvalue weighted by Crippen LogP contribution is 2.29. The summed E-state index contributed by atoms with van der Waals surface area (Å²) < 4.78 is 2.18. The fourth-order valence-electron chi connectivity index (χ4n) is 3.52. The number of aryl methyl sites for hydroxylation is 1. The molecule has 26 heavy (non-hydrogen) atoms. The van der Waals surface area contributed by atoms with Crippen molar-refractivity contribution in [3.05, 3.63) is 60.2 Å². The van der Waals surface area contributed by atoms with Gasteiger partial charge >= 0.3 is 0 Å². The van der Waals surface area contributed by atoms with Gasteiger partial charge in [0.1, 0.15) is 6.54 Å². The van der Waals surface area contributed by atoms with Crippen LogP contribution < -0.4 is 0 Å².